The van der Waals surface area contributed by atoms with Crippen LogP contribution in [0, 0.1) is 13.8 Å². The SMILES string of the molecule is Cc1ccc(Sc2ncccc2C(=O)NNc2ccccc2C(F)(F)F)cc1C. The van der Waals surface area contributed by atoms with E-state index in [0.717, 1.165) is 22.1 Å². The molecule has 0 fully saturated rings. The predicted molar refractivity (Wildman–Crippen MR) is 107 cm³/mol. The van der Waals surface area contributed by atoms with Crippen LogP contribution in [0.3, 0.4) is 0 Å². The van der Waals surface area contributed by atoms with E-state index < -0.39 is 17.6 Å². The minimum atomic E-state index is -4.53. The molecule has 0 radical (unpaired) electrons. The molecule has 150 valence electrons. The third-order valence-corrected chi connectivity index (χ3v) is 5.26. The number of hydrazine groups is 1. The normalized spacial score (nSPS) is 11.2. The lowest BCUT2D eigenvalue weighted by Crippen LogP contribution is -2.31. The molecule has 0 bridgehead atoms. The topological polar surface area (TPSA) is 54.0 Å². The fourth-order valence-corrected chi connectivity index (χ4v) is 3.54. The highest BCUT2D eigenvalue weighted by Crippen LogP contribution is 2.34. The Morgan fingerprint density at radius 3 is 2.48 bits per heavy atom. The van der Waals surface area contributed by atoms with Crippen LogP contribution in [0.2, 0.25) is 0 Å². The molecule has 0 atom stereocenters. The van der Waals surface area contributed by atoms with Crippen molar-refractivity contribution in [3.63, 3.8) is 0 Å². The number of alkyl halides is 3. The van der Waals surface area contributed by atoms with Gasteiger partial charge in [0.05, 0.1) is 16.8 Å². The second-order valence-corrected chi connectivity index (χ2v) is 7.39. The van der Waals surface area contributed by atoms with Crippen molar-refractivity contribution in [3.8, 4) is 0 Å². The highest BCUT2D eigenvalue weighted by atomic mass is 32.2. The molecule has 0 unspecified atom stereocenters. The van der Waals surface area contributed by atoms with Gasteiger partial charge >= 0.3 is 6.18 Å². The van der Waals surface area contributed by atoms with E-state index in [1.54, 1.807) is 18.3 Å². The third kappa shape index (κ3) is 5.08. The smallest absolute Gasteiger partial charge is 0.298 e. The van der Waals surface area contributed by atoms with Crippen LogP contribution >= 0.6 is 11.8 Å². The van der Waals surface area contributed by atoms with Crippen LogP contribution in [-0.4, -0.2) is 10.9 Å². The molecular formula is C21H18F3N3OS. The quantitative estimate of drug-likeness (QED) is 0.529. The number of hydrogen-bond acceptors (Lipinski definition) is 4. The first-order chi connectivity index (χ1) is 13.8. The Bertz CT molecular complexity index is 1040. The van der Waals surface area contributed by atoms with E-state index in [4.69, 9.17) is 0 Å². The summed E-state index contributed by atoms with van der Waals surface area (Å²) in [6, 6.07) is 14.0. The molecule has 29 heavy (non-hydrogen) atoms. The Morgan fingerprint density at radius 2 is 1.76 bits per heavy atom. The summed E-state index contributed by atoms with van der Waals surface area (Å²) in [4.78, 5) is 17.8. The summed E-state index contributed by atoms with van der Waals surface area (Å²) in [6.45, 7) is 4.00. The summed E-state index contributed by atoms with van der Waals surface area (Å²) in [5, 5.41) is 0.458. The maximum atomic E-state index is 13.1. The van der Waals surface area contributed by atoms with Crippen molar-refractivity contribution in [2.45, 2.75) is 29.9 Å². The van der Waals surface area contributed by atoms with Crippen LogP contribution in [0.25, 0.3) is 0 Å². The first-order valence-corrected chi connectivity index (χ1v) is 9.50. The minimum Gasteiger partial charge on any atom is -0.298 e. The van der Waals surface area contributed by atoms with Crippen LogP contribution in [0.1, 0.15) is 27.0 Å². The average molecular weight is 417 g/mol. The first-order valence-electron chi connectivity index (χ1n) is 8.68. The molecular weight excluding hydrogens is 399 g/mol. The summed E-state index contributed by atoms with van der Waals surface area (Å²) in [5.41, 5.74) is 6.13. The van der Waals surface area contributed by atoms with Crippen molar-refractivity contribution in [2.75, 3.05) is 5.43 Å². The van der Waals surface area contributed by atoms with Gasteiger partial charge in [0.15, 0.2) is 0 Å². The number of amides is 1. The summed E-state index contributed by atoms with van der Waals surface area (Å²) < 4.78 is 39.3. The predicted octanol–water partition coefficient (Wildman–Crippen LogP) is 5.63. The molecule has 2 N–H and O–H groups in total. The van der Waals surface area contributed by atoms with Crippen molar-refractivity contribution >= 4 is 23.4 Å². The van der Waals surface area contributed by atoms with Gasteiger partial charge in [-0.05, 0) is 61.4 Å². The van der Waals surface area contributed by atoms with Gasteiger partial charge in [-0.2, -0.15) is 13.2 Å². The number of hydrogen-bond donors (Lipinski definition) is 2. The molecule has 4 nitrogen and oxygen atoms in total. The number of nitrogens with zero attached hydrogens (tertiary/aromatic N) is 1. The zero-order chi connectivity index (χ0) is 21.0. The average Bonchev–Trinajstić information content (AvgIpc) is 2.69. The van der Waals surface area contributed by atoms with E-state index in [1.165, 1.54) is 30.0 Å². The zero-order valence-electron chi connectivity index (χ0n) is 15.7. The van der Waals surface area contributed by atoms with E-state index in [-0.39, 0.29) is 11.3 Å². The number of aromatic nitrogens is 1. The summed E-state index contributed by atoms with van der Waals surface area (Å²) in [7, 11) is 0. The lowest BCUT2D eigenvalue weighted by molar-refractivity contribution is -0.137. The molecule has 0 aliphatic heterocycles. The van der Waals surface area contributed by atoms with Gasteiger partial charge in [-0.15, -0.1) is 0 Å². The van der Waals surface area contributed by atoms with Crippen molar-refractivity contribution in [2.24, 2.45) is 0 Å². The molecule has 3 aromatic rings. The lowest BCUT2D eigenvalue weighted by atomic mass is 10.1. The van der Waals surface area contributed by atoms with E-state index in [1.807, 2.05) is 32.0 Å². The van der Waals surface area contributed by atoms with Gasteiger partial charge in [0, 0.05) is 11.1 Å². The van der Waals surface area contributed by atoms with Crippen LogP contribution in [0.4, 0.5) is 18.9 Å². The van der Waals surface area contributed by atoms with Gasteiger partial charge in [0.25, 0.3) is 5.91 Å². The van der Waals surface area contributed by atoms with Crippen LogP contribution in [0.15, 0.2) is 70.7 Å². The third-order valence-electron chi connectivity index (χ3n) is 4.25. The largest absolute Gasteiger partial charge is 0.418 e. The van der Waals surface area contributed by atoms with Crippen LogP contribution in [-0.2, 0) is 6.18 Å². The minimum absolute atomic E-state index is 0.236. The monoisotopic (exact) mass is 417 g/mol. The Balaban J connectivity index is 1.78. The number of benzene rings is 2. The number of pyridine rings is 1. The van der Waals surface area contributed by atoms with E-state index in [0.29, 0.717) is 5.03 Å². The maximum absolute atomic E-state index is 13.1. The molecule has 0 aliphatic rings. The molecule has 1 aromatic heterocycles. The van der Waals surface area contributed by atoms with Gasteiger partial charge in [0.1, 0.15) is 5.03 Å². The second-order valence-electron chi connectivity index (χ2n) is 6.33. The summed E-state index contributed by atoms with van der Waals surface area (Å²) >= 11 is 1.31. The second kappa shape index (κ2) is 8.57. The molecule has 0 spiro atoms. The van der Waals surface area contributed by atoms with Crippen molar-refractivity contribution in [3.05, 3.63) is 83.0 Å². The molecule has 3 rings (SSSR count). The van der Waals surface area contributed by atoms with Crippen LogP contribution < -0.4 is 10.9 Å². The molecule has 0 saturated heterocycles. The highest BCUT2D eigenvalue weighted by Gasteiger charge is 2.33. The fourth-order valence-electron chi connectivity index (χ4n) is 2.56. The maximum Gasteiger partial charge on any atom is 0.418 e. The Labute approximate surface area is 170 Å². The number of anilines is 1. The summed E-state index contributed by atoms with van der Waals surface area (Å²) in [5.74, 6) is -0.582. The first kappa shape index (κ1) is 20.7. The van der Waals surface area contributed by atoms with Gasteiger partial charge in [-0.1, -0.05) is 30.0 Å². The number of halogens is 3. The Morgan fingerprint density at radius 1 is 1.00 bits per heavy atom. The van der Waals surface area contributed by atoms with E-state index >= 15 is 0 Å². The summed E-state index contributed by atoms with van der Waals surface area (Å²) in [6.07, 6.45) is -2.97. The van der Waals surface area contributed by atoms with Gasteiger partial charge in [-0.3, -0.25) is 15.6 Å². The lowest BCUT2D eigenvalue weighted by Gasteiger charge is -2.15. The molecule has 8 heteroatoms. The number of carbonyl (C=O) groups excluding carboxylic acids is 1. The Kier molecular flexibility index (Phi) is 6.12. The highest BCUT2D eigenvalue weighted by molar-refractivity contribution is 7.99. The van der Waals surface area contributed by atoms with Gasteiger partial charge < -0.3 is 0 Å². The molecule has 1 amide bonds. The van der Waals surface area contributed by atoms with Gasteiger partial charge in [0.2, 0.25) is 0 Å². The molecule has 1 heterocycles. The zero-order valence-corrected chi connectivity index (χ0v) is 16.5. The standard InChI is InChI=1S/C21H18F3N3OS/c1-13-9-10-15(12-14(13)2)29-20-16(6-5-11-25-20)19(28)27-26-18-8-4-3-7-17(18)21(22,23)24/h3-12,26H,1-2H3,(H,27,28). The number of nitrogens with one attached hydrogen (secondary N) is 2. The van der Waals surface area contributed by atoms with E-state index in [2.05, 4.69) is 15.8 Å². The fraction of sp³-hybridized carbons (Fsp3) is 0.143. The molecule has 2 aromatic carbocycles. The number of para-hydroxylation sites is 1. The van der Waals surface area contributed by atoms with Crippen LogP contribution in [0.5, 0.6) is 0 Å². The van der Waals surface area contributed by atoms with Crippen molar-refractivity contribution in [1.29, 1.82) is 0 Å². The van der Waals surface area contributed by atoms with Crippen molar-refractivity contribution < 1.29 is 18.0 Å². The van der Waals surface area contributed by atoms with Gasteiger partial charge in [-0.25, -0.2) is 4.98 Å². The molecule has 0 saturated carbocycles. The Hall–Kier alpha value is -3.00. The van der Waals surface area contributed by atoms with Crippen molar-refractivity contribution in [1.82, 2.24) is 10.4 Å². The number of aryl methyl sites for hydroxylation is 2. The molecule has 0 aliphatic carbocycles. The number of carbonyl (C=O) groups is 1. The van der Waals surface area contributed by atoms with E-state index in [9.17, 15) is 18.0 Å². The number of rotatable bonds is 5.